The molecule has 0 aliphatic carbocycles. The topological polar surface area (TPSA) is 22.1 Å². The molecule has 2 nitrogen and oxygen atoms in total. The van der Waals surface area contributed by atoms with E-state index in [2.05, 4.69) is 17.3 Å². The number of rotatable bonds is 3. The molecule has 1 aromatic carbocycles. The average Bonchev–Trinajstić information content (AvgIpc) is 2.34. The summed E-state index contributed by atoms with van der Waals surface area (Å²) in [6.45, 7) is 2.74. The minimum absolute atomic E-state index is 0.687. The van der Waals surface area contributed by atoms with Crippen molar-refractivity contribution in [3.63, 3.8) is 0 Å². The van der Waals surface area contributed by atoms with Gasteiger partial charge in [0.15, 0.2) is 0 Å². The molecule has 0 spiro atoms. The van der Waals surface area contributed by atoms with Gasteiger partial charge >= 0.3 is 96.3 Å². The zero-order valence-electron chi connectivity index (χ0n) is 9.18. The third-order valence-corrected chi connectivity index (χ3v) is 2.76. The maximum absolute atomic E-state index is 5.62. The zero-order chi connectivity index (χ0) is 11.2. The molecule has 1 heterocycles. The molecule has 0 N–H and O–H groups in total. The van der Waals surface area contributed by atoms with Gasteiger partial charge in [-0.15, -0.1) is 0 Å². The van der Waals surface area contributed by atoms with Crippen molar-refractivity contribution < 1.29 is 4.74 Å². The van der Waals surface area contributed by atoms with Crippen LogP contribution in [0.25, 0.3) is 10.9 Å². The predicted molar refractivity (Wildman–Crippen MR) is 68.6 cm³/mol. The number of hydrogen-bond acceptors (Lipinski definition) is 2. The molecule has 0 aliphatic heterocycles. The van der Waals surface area contributed by atoms with Crippen LogP contribution in [0.5, 0.6) is 5.75 Å². The normalized spacial score (nSPS) is 9.81. The summed E-state index contributed by atoms with van der Waals surface area (Å²) in [5.74, 6) is 0.898. The summed E-state index contributed by atoms with van der Waals surface area (Å²) in [4.78, 5) is 4.26. The average molecular weight is 230 g/mol. The van der Waals surface area contributed by atoms with E-state index < -0.39 is 0 Å². The first kappa shape index (κ1) is 11.1. The Morgan fingerprint density at radius 2 is 2.31 bits per heavy atom. The summed E-state index contributed by atoms with van der Waals surface area (Å²) in [7, 11) is 1.18. The molecule has 0 radical (unpaired) electrons. The SMILES string of the molecule is C[P+]#CCCOc1ccc2ncccc2c1. The fourth-order valence-corrected chi connectivity index (χ4v) is 1.78. The molecule has 80 valence electrons. The third-order valence-electron chi connectivity index (χ3n) is 2.22. The van der Waals surface area contributed by atoms with Crippen molar-refractivity contribution in [1.29, 1.82) is 0 Å². The number of pyridine rings is 1. The number of ether oxygens (including phenoxy) is 1. The monoisotopic (exact) mass is 230 g/mol. The Morgan fingerprint density at radius 3 is 3.19 bits per heavy atom. The molecule has 0 amide bonds. The summed E-state index contributed by atoms with van der Waals surface area (Å²) in [6.07, 6.45) is 2.66. The van der Waals surface area contributed by atoms with E-state index in [9.17, 15) is 0 Å². The second-order valence-electron chi connectivity index (χ2n) is 3.34. The van der Waals surface area contributed by atoms with Crippen molar-refractivity contribution in [3.05, 3.63) is 36.5 Å². The molecule has 0 saturated heterocycles. The van der Waals surface area contributed by atoms with Crippen molar-refractivity contribution in [3.8, 4) is 11.4 Å². The molecule has 0 saturated carbocycles. The van der Waals surface area contributed by atoms with Crippen LogP contribution in [0.4, 0.5) is 0 Å². The Morgan fingerprint density at radius 1 is 1.38 bits per heavy atom. The Balaban J connectivity index is 2.09. The Bertz CT molecular complexity index is 542. The summed E-state index contributed by atoms with van der Waals surface area (Å²) in [6, 6.07) is 9.93. The molecule has 0 fully saturated rings. The molecule has 3 heteroatoms. The molecular weight excluding hydrogens is 217 g/mol. The van der Waals surface area contributed by atoms with E-state index in [0.717, 1.165) is 23.1 Å². The number of benzene rings is 1. The Kier molecular flexibility index (Phi) is 3.93. The van der Waals surface area contributed by atoms with Gasteiger partial charge in [0.25, 0.3) is 0 Å². The molecule has 16 heavy (non-hydrogen) atoms. The van der Waals surface area contributed by atoms with Gasteiger partial charge in [0.05, 0.1) is 0 Å². The van der Waals surface area contributed by atoms with Crippen LogP contribution in [0.15, 0.2) is 36.5 Å². The van der Waals surface area contributed by atoms with Crippen molar-refractivity contribution in [2.75, 3.05) is 13.3 Å². The van der Waals surface area contributed by atoms with Crippen LogP contribution in [-0.4, -0.2) is 18.3 Å². The second kappa shape index (κ2) is 5.65. The van der Waals surface area contributed by atoms with Gasteiger partial charge in [0.2, 0.25) is 0 Å². The summed E-state index contributed by atoms with van der Waals surface area (Å²) >= 11 is 0. The number of fused-ring (bicyclic) bond motifs is 1. The number of nitrogens with zero attached hydrogens (tertiary/aromatic N) is 1. The summed E-state index contributed by atoms with van der Waals surface area (Å²) in [5, 5.41) is 1.11. The molecule has 2 rings (SSSR count). The van der Waals surface area contributed by atoms with Crippen LogP contribution in [0.2, 0.25) is 0 Å². The van der Waals surface area contributed by atoms with E-state index in [1.54, 1.807) is 6.20 Å². The van der Waals surface area contributed by atoms with Gasteiger partial charge in [-0.1, -0.05) is 0 Å². The number of aromatic nitrogens is 1. The van der Waals surface area contributed by atoms with Crippen LogP contribution >= 0.6 is 8.04 Å². The van der Waals surface area contributed by atoms with E-state index in [1.165, 1.54) is 8.04 Å². The van der Waals surface area contributed by atoms with Gasteiger partial charge in [0, 0.05) is 0 Å². The second-order valence-corrected chi connectivity index (χ2v) is 4.10. The quantitative estimate of drug-likeness (QED) is 0.594. The zero-order valence-corrected chi connectivity index (χ0v) is 10.1. The van der Waals surface area contributed by atoms with Gasteiger partial charge in [-0.05, 0) is 0 Å². The van der Waals surface area contributed by atoms with Gasteiger partial charge in [-0.3, -0.25) is 0 Å². The summed E-state index contributed by atoms with van der Waals surface area (Å²) in [5.41, 5.74) is 4.19. The first-order valence-corrected chi connectivity index (χ1v) is 6.53. The fraction of sp³-hybridized carbons (Fsp3) is 0.231. The first-order valence-electron chi connectivity index (χ1n) is 5.19. The van der Waals surface area contributed by atoms with Crippen LogP contribution < -0.4 is 4.74 Å². The van der Waals surface area contributed by atoms with Crippen LogP contribution in [0.3, 0.4) is 0 Å². The van der Waals surface area contributed by atoms with Gasteiger partial charge in [-0.2, -0.15) is 0 Å². The van der Waals surface area contributed by atoms with Gasteiger partial charge in [0.1, 0.15) is 0 Å². The summed E-state index contributed by atoms with van der Waals surface area (Å²) < 4.78 is 5.62. The van der Waals surface area contributed by atoms with Crippen molar-refractivity contribution in [1.82, 2.24) is 4.98 Å². The van der Waals surface area contributed by atoms with Gasteiger partial charge < -0.3 is 0 Å². The van der Waals surface area contributed by atoms with Gasteiger partial charge in [-0.25, -0.2) is 0 Å². The molecule has 1 aromatic heterocycles. The minimum atomic E-state index is 0.687. The van der Waals surface area contributed by atoms with Crippen LogP contribution in [0.1, 0.15) is 6.42 Å². The van der Waals surface area contributed by atoms with E-state index in [4.69, 9.17) is 4.74 Å². The molecule has 2 aromatic rings. The van der Waals surface area contributed by atoms with Crippen molar-refractivity contribution in [2.24, 2.45) is 0 Å². The van der Waals surface area contributed by atoms with E-state index >= 15 is 0 Å². The van der Waals surface area contributed by atoms with Crippen molar-refractivity contribution >= 4 is 18.9 Å². The first-order chi connectivity index (χ1) is 7.90. The molecule has 0 bridgehead atoms. The third kappa shape index (κ3) is 2.82. The van der Waals surface area contributed by atoms with E-state index in [1.807, 2.05) is 30.3 Å². The maximum atomic E-state index is 5.62. The molecule has 0 atom stereocenters. The van der Waals surface area contributed by atoms with Crippen molar-refractivity contribution in [2.45, 2.75) is 6.42 Å². The van der Waals surface area contributed by atoms with E-state index in [0.29, 0.717) is 6.61 Å². The standard InChI is InChI=1S/C13H13NOP/c1-16-9-3-8-15-12-5-6-13-11(10-12)4-2-7-14-13/h2,4-7,10H,3,8H2,1H3/q+1. The molecule has 0 unspecified atom stereocenters. The van der Waals surface area contributed by atoms with Crippen LogP contribution in [0, 0.1) is 5.63 Å². The van der Waals surface area contributed by atoms with E-state index in [-0.39, 0.29) is 0 Å². The predicted octanol–water partition coefficient (Wildman–Crippen LogP) is 3.54. The fourth-order valence-electron chi connectivity index (χ4n) is 1.47. The Hall–Kier alpha value is -1.36. The Labute approximate surface area is 96.7 Å². The molecular formula is C13H13NOP+. The number of hydrogen-bond donors (Lipinski definition) is 0. The molecule has 0 aliphatic rings. The van der Waals surface area contributed by atoms with Crippen LogP contribution in [-0.2, 0) is 0 Å².